The molecule has 4 unspecified atom stereocenters. The van der Waals surface area contributed by atoms with Crippen LogP contribution in [0.4, 0.5) is 0 Å². The molecular formula is C7H10O3. The van der Waals surface area contributed by atoms with Crippen LogP contribution in [0.2, 0.25) is 0 Å². The number of epoxide rings is 3. The van der Waals surface area contributed by atoms with Gasteiger partial charge in [-0.1, -0.05) is 0 Å². The Kier molecular flexibility index (Phi) is 0.952. The van der Waals surface area contributed by atoms with Gasteiger partial charge in [0.05, 0.1) is 25.4 Å². The average molecular weight is 142 g/mol. The lowest BCUT2D eigenvalue weighted by atomic mass is 10.2. The monoisotopic (exact) mass is 142 g/mol. The predicted molar refractivity (Wildman–Crippen MR) is 32.8 cm³/mol. The summed E-state index contributed by atoms with van der Waals surface area (Å²) in [5, 5.41) is 0. The van der Waals surface area contributed by atoms with Gasteiger partial charge < -0.3 is 14.2 Å². The fraction of sp³-hybridized carbons (Fsp3) is 1.00. The van der Waals surface area contributed by atoms with E-state index in [2.05, 4.69) is 0 Å². The van der Waals surface area contributed by atoms with Crippen molar-refractivity contribution in [3.05, 3.63) is 0 Å². The van der Waals surface area contributed by atoms with Gasteiger partial charge in [-0.15, -0.1) is 0 Å². The Bertz CT molecular complexity index is 151. The molecule has 3 aliphatic heterocycles. The summed E-state index contributed by atoms with van der Waals surface area (Å²) in [6, 6.07) is 0. The van der Waals surface area contributed by atoms with Crippen LogP contribution >= 0.6 is 0 Å². The van der Waals surface area contributed by atoms with Crippen molar-refractivity contribution in [2.24, 2.45) is 0 Å². The van der Waals surface area contributed by atoms with E-state index in [4.69, 9.17) is 14.2 Å². The first-order chi connectivity index (χ1) is 4.93. The normalized spacial score (nSPS) is 56.4. The summed E-state index contributed by atoms with van der Waals surface area (Å²) < 4.78 is 15.6. The van der Waals surface area contributed by atoms with E-state index in [1.54, 1.807) is 0 Å². The SMILES string of the molecule is C1OC1CC1OC1C1CO1. The van der Waals surface area contributed by atoms with Crippen LogP contribution in [0.3, 0.4) is 0 Å². The van der Waals surface area contributed by atoms with Gasteiger partial charge in [0.25, 0.3) is 0 Å². The summed E-state index contributed by atoms with van der Waals surface area (Å²) in [5.74, 6) is 0. The molecule has 3 fully saturated rings. The van der Waals surface area contributed by atoms with Crippen molar-refractivity contribution in [3.8, 4) is 0 Å². The zero-order valence-electron chi connectivity index (χ0n) is 5.66. The Morgan fingerprint density at radius 1 is 1.20 bits per heavy atom. The molecule has 0 radical (unpaired) electrons. The zero-order valence-corrected chi connectivity index (χ0v) is 5.66. The quantitative estimate of drug-likeness (QED) is 0.518. The Morgan fingerprint density at radius 3 is 2.60 bits per heavy atom. The first-order valence-electron chi connectivity index (χ1n) is 3.82. The molecule has 3 rings (SSSR count). The molecule has 3 nitrogen and oxygen atoms in total. The summed E-state index contributed by atoms with van der Waals surface area (Å²) in [7, 11) is 0. The maximum absolute atomic E-state index is 5.39. The summed E-state index contributed by atoms with van der Waals surface area (Å²) >= 11 is 0. The van der Waals surface area contributed by atoms with Crippen molar-refractivity contribution in [2.45, 2.75) is 30.8 Å². The van der Waals surface area contributed by atoms with Crippen molar-refractivity contribution in [1.82, 2.24) is 0 Å². The molecular weight excluding hydrogens is 132 g/mol. The molecule has 0 aromatic heterocycles. The lowest BCUT2D eigenvalue weighted by Crippen LogP contribution is -2.03. The van der Waals surface area contributed by atoms with Gasteiger partial charge in [0.1, 0.15) is 12.2 Å². The molecule has 0 aromatic carbocycles. The molecule has 0 spiro atoms. The van der Waals surface area contributed by atoms with Gasteiger partial charge in [0.15, 0.2) is 0 Å². The molecule has 0 saturated carbocycles. The highest BCUT2D eigenvalue weighted by Crippen LogP contribution is 2.37. The minimum Gasteiger partial charge on any atom is -0.373 e. The van der Waals surface area contributed by atoms with Gasteiger partial charge in [-0.2, -0.15) is 0 Å². The number of hydrogen-bond donors (Lipinski definition) is 0. The van der Waals surface area contributed by atoms with E-state index < -0.39 is 0 Å². The third-order valence-corrected chi connectivity index (χ3v) is 2.24. The topological polar surface area (TPSA) is 37.6 Å². The first-order valence-corrected chi connectivity index (χ1v) is 3.82. The largest absolute Gasteiger partial charge is 0.373 e. The van der Waals surface area contributed by atoms with Crippen molar-refractivity contribution in [2.75, 3.05) is 13.2 Å². The highest BCUT2D eigenvalue weighted by Gasteiger charge is 2.52. The molecule has 0 bridgehead atoms. The van der Waals surface area contributed by atoms with E-state index >= 15 is 0 Å². The van der Waals surface area contributed by atoms with Gasteiger partial charge in [0, 0.05) is 6.42 Å². The highest BCUT2D eigenvalue weighted by molar-refractivity contribution is 4.98. The van der Waals surface area contributed by atoms with Crippen molar-refractivity contribution < 1.29 is 14.2 Å². The average Bonchev–Trinajstić information content (AvgIpc) is 2.74. The lowest BCUT2D eigenvalue weighted by Gasteiger charge is -1.84. The Hall–Kier alpha value is -0.120. The van der Waals surface area contributed by atoms with Crippen molar-refractivity contribution in [3.63, 3.8) is 0 Å². The van der Waals surface area contributed by atoms with Gasteiger partial charge in [-0.3, -0.25) is 0 Å². The molecule has 3 heteroatoms. The van der Waals surface area contributed by atoms with Crippen molar-refractivity contribution in [1.29, 1.82) is 0 Å². The van der Waals surface area contributed by atoms with Crippen LogP contribution in [-0.2, 0) is 14.2 Å². The van der Waals surface area contributed by atoms with Crippen LogP contribution < -0.4 is 0 Å². The van der Waals surface area contributed by atoms with Gasteiger partial charge >= 0.3 is 0 Å². The molecule has 3 heterocycles. The van der Waals surface area contributed by atoms with Crippen LogP contribution in [-0.4, -0.2) is 37.6 Å². The fourth-order valence-corrected chi connectivity index (χ4v) is 1.38. The molecule has 0 amide bonds. The number of ether oxygens (including phenoxy) is 3. The second-order valence-corrected chi connectivity index (χ2v) is 3.20. The number of hydrogen-bond acceptors (Lipinski definition) is 3. The summed E-state index contributed by atoms with van der Waals surface area (Å²) in [5.41, 5.74) is 0. The minimum absolute atomic E-state index is 0.421. The van der Waals surface area contributed by atoms with E-state index in [0.717, 1.165) is 19.6 Å². The van der Waals surface area contributed by atoms with E-state index in [1.165, 1.54) is 0 Å². The maximum atomic E-state index is 5.39. The minimum atomic E-state index is 0.421. The zero-order chi connectivity index (χ0) is 6.55. The summed E-state index contributed by atoms with van der Waals surface area (Å²) in [4.78, 5) is 0. The summed E-state index contributed by atoms with van der Waals surface area (Å²) in [6.45, 7) is 1.85. The smallest absolute Gasteiger partial charge is 0.113 e. The Morgan fingerprint density at radius 2 is 2.00 bits per heavy atom. The van der Waals surface area contributed by atoms with E-state index in [-0.39, 0.29) is 0 Å². The maximum Gasteiger partial charge on any atom is 0.113 e. The fourth-order valence-electron chi connectivity index (χ4n) is 1.38. The second kappa shape index (κ2) is 1.72. The van der Waals surface area contributed by atoms with E-state index in [0.29, 0.717) is 24.4 Å². The van der Waals surface area contributed by atoms with Gasteiger partial charge in [-0.05, 0) is 0 Å². The van der Waals surface area contributed by atoms with Gasteiger partial charge in [-0.25, -0.2) is 0 Å². The van der Waals surface area contributed by atoms with E-state index in [1.807, 2.05) is 0 Å². The first kappa shape index (κ1) is 5.52. The molecule has 4 atom stereocenters. The van der Waals surface area contributed by atoms with Crippen LogP contribution in [0, 0.1) is 0 Å². The highest BCUT2D eigenvalue weighted by atomic mass is 16.7. The Balaban J connectivity index is 1.48. The molecule has 0 N–H and O–H groups in total. The third kappa shape index (κ3) is 0.944. The lowest BCUT2D eigenvalue weighted by molar-refractivity contribution is 0.305. The van der Waals surface area contributed by atoms with Crippen LogP contribution in [0.1, 0.15) is 6.42 Å². The van der Waals surface area contributed by atoms with Crippen LogP contribution in [0.15, 0.2) is 0 Å². The molecule has 0 aliphatic carbocycles. The molecule has 0 aromatic rings. The Labute approximate surface area is 59.3 Å². The predicted octanol–water partition coefficient (Wildman–Crippen LogP) is -0.0585. The summed E-state index contributed by atoms with van der Waals surface area (Å²) in [6.07, 6.45) is 2.91. The standard InChI is InChI=1S/C7H10O3/c1(4-2-8-4)5-7(10-5)6-3-9-6/h4-7H,1-3H2. The molecule has 3 aliphatic rings. The third-order valence-electron chi connectivity index (χ3n) is 2.24. The number of rotatable bonds is 3. The van der Waals surface area contributed by atoms with E-state index in [9.17, 15) is 0 Å². The van der Waals surface area contributed by atoms with Crippen LogP contribution in [0.5, 0.6) is 0 Å². The van der Waals surface area contributed by atoms with Gasteiger partial charge in [0.2, 0.25) is 0 Å². The molecule has 10 heavy (non-hydrogen) atoms. The molecule has 56 valence electrons. The van der Waals surface area contributed by atoms with Crippen molar-refractivity contribution >= 4 is 0 Å². The second-order valence-electron chi connectivity index (χ2n) is 3.20. The van der Waals surface area contributed by atoms with Crippen LogP contribution in [0.25, 0.3) is 0 Å². The molecule has 3 saturated heterocycles.